The van der Waals surface area contributed by atoms with Gasteiger partial charge in [0.05, 0.1) is 0 Å². The van der Waals surface area contributed by atoms with E-state index in [9.17, 15) is 4.79 Å². The monoisotopic (exact) mass is 251 g/mol. The topological polar surface area (TPSA) is 89.5 Å². The largest absolute Gasteiger partial charge is 0.870 e. The van der Waals surface area contributed by atoms with E-state index >= 15 is 0 Å². The third-order valence-electron chi connectivity index (χ3n) is 1.95. The van der Waals surface area contributed by atoms with Crippen molar-refractivity contribution in [2.45, 2.75) is 26.4 Å². The average Bonchev–Trinajstić information content (AvgIpc) is 2.15. The molecule has 2 N–H and O–H groups in total. The molecule has 5 nitrogen and oxygen atoms in total. The number of ether oxygens (including phenoxy) is 1. The van der Waals surface area contributed by atoms with E-state index < -0.39 is 5.60 Å². The second kappa shape index (κ2) is 7.03. The van der Waals surface area contributed by atoms with E-state index in [1.165, 1.54) is 4.90 Å². The van der Waals surface area contributed by atoms with Gasteiger partial charge in [-0.3, -0.25) is 0 Å². The van der Waals surface area contributed by atoms with Crippen LogP contribution in [0.3, 0.4) is 0 Å². The Kier molecular flexibility index (Phi) is 7.35. The quantitative estimate of drug-likeness (QED) is 0.707. The summed E-state index contributed by atoms with van der Waals surface area (Å²) in [6, 6.07) is 7.05. The van der Waals surface area contributed by atoms with Crippen LogP contribution in [-0.2, 0) is 4.74 Å². The van der Waals surface area contributed by atoms with Gasteiger partial charge in [-0.1, -0.05) is 0 Å². The SMILES string of the molecule is [B+2]c1ccc(N(C)C(=O)OC(C)(C)C)cc1.[OH-].[OH-]. The van der Waals surface area contributed by atoms with Gasteiger partial charge in [-0.2, -0.15) is 0 Å². The molecular weight excluding hydrogens is 233 g/mol. The molecule has 0 spiro atoms. The molecule has 1 aromatic carbocycles. The van der Waals surface area contributed by atoms with Crippen molar-refractivity contribution in [1.29, 1.82) is 0 Å². The summed E-state index contributed by atoms with van der Waals surface area (Å²) in [5.74, 6) is 0. The van der Waals surface area contributed by atoms with Crippen LogP contribution < -0.4 is 10.4 Å². The van der Waals surface area contributed by atoms with Gasteiger partial charge in [-0.05, 0) is 0 Å². The maximum absolute atomic E-state index is 11.7. The predicted octanol–water partition coefficient (Wildman–Crippen LogP) is 1.50. The first-order chi connectivity index (χ1) is 7.29. The number of carbonyl (C=O) groups excluding carboxylic acids is 1. The van der Waals surface area contributed by atoms with Gasteiger partial charge < -0.3 is 11.0 Å². The number of rotatable bonds is 1. The number of carbonyl (C=O) groups is 1. The smallest absolute Gasteiger partial charge is 0.870 e. The fraction of sp³-hybridized carbons (Fsp3) is 0.417. The Balaban J connectivity index is 0. The average molecular weight is 251 g/mol. The summed E-state index contributed by atoms with van der Waals surface area (Å²) in [5, 5.41) is 0. The van der Waals surface area contributed by atoms with Gasteiger partial charge in [0.15, 0.2) is 0 Å². The maximum atomic E-state index is 11.7. The molecule has 18 heavy (non-hydrogen) atoms. The van der Waals surface area contributed by atoms with Crippen molar-refractivity contribution < 1.29 is 20.5 Å². The third kappa shape index (κ3) is 5.70. The van der Waals surface area contributed by atoms with Gasteiger partial charge in [0.2, 0.25) is 0 Å². The number of anilines is 1. The molecule has 0 radical (unpaired) electrons. The Morgan fingerprint density at radius 1 is 1.17 bits per heavy atom. The van der Waals surface area contributed by atoms with Crippen molar-refractivity contribution in [3.63, 3.8) is 0 Å². The fourth-order valence-electron chi connectivity index (χ4n) is 1.13. The molecule has 98 valence electrons. The molecule has 1 rings (SSSR count). The van der Waals surface area contributed by atoms with Crippen LogP contribution in [0.4, 0.5) is 10.5 Å². The third-order valence-corrected chi connectivity index (χ3v) is 1.95. The normalized spacial score (nSPS) is 9.89. The molecule has 0 saturated carbocycles. The first-order valence-electron chi connectivity index (χ1n) is 5.12. The number of hydrogen-bond donors (Lipinski definition) is 0. The van der Waals surface area contributed by atoms with E-state index in [0.717, 1.165) is 5.69 Å². The van der Waals surface area contributed by atoms with Gasteiger partial charge in [-0.15, -0.1) is 0 Å². The summed E-state index contributed by atoms with van der Waals surface area (Å²) in [5.41, 5.74) is 0.934. The summed E-state index contributed by atoms with van der Waals surface area (Å²) in [7, 11) is 7.24. The zero-order chi connectivity index (χ0) is 12.3. The minimum absolute atomic E-state index is 0. The molecule has 0 unspecified atom stereocenters. The molecule has 0 heterocycles. The fourth-order valence-corrected chi connectivity index (χ4v) is 1.13. The van der Waals surface area contributed by atoms with E-state index in [0.29, 0.717) is 5.46 Å². The van der Waals surface area contributed by atoms with Crippen molar-refractivity contribution in [3.8, 4) is 0 Å². The molecule has 0 aromatic heterocycles. The Bertz CT molecular complexity index is 373. The van der Waals surface area contributed by atoms with E-state index in [1.54, 1.807) is 31.3 Å². The molecular formula is C12H18BNO4. The molecule has 1 amide bonds. The molecule has 0 aliphatic carbocycles. The summed E-state index contributed by atoms with van der Waals surface area (Å²) < 4.78 is 5.24. The predicted molar refractivity (Wildman–Crippen MR) is 70.3 cm³/mol. The molecule has 0 saturated heterocycles. The first kappa shape index (κ1) is 18.8. The van der Waals surface area contributed by atoms with Crippen molar-refractivity contribution in [1.82, 2.24) is 0 Å². The number of nitrogens with zero attached hydrogens (tertiary/aromatic N) is 1. The van der Waals surface area contributed by atoms with Crippen LogP contribution in [0.2, 0.25) is 0 Å². The Morgan fingerprint density at radius 3 is 2.00 bits per heavy atom. The first-order valence-corrected chi connectivity index (χ1v) is 5.12. The van der Waals surface area contributed by atoms with Crippen LogP contribution in [0.25, 0.3) is 0 Å². The van der Waals surface area contributed by atoms with Crippen molar-refractivity contribution in [2.24, 2.45) is 0 Å². The molecule has 0 fully saturated rings. The Morgan fingerprint density at radius 2 is 1.61 bits per heavy atom. The molecule has 0 bridgehead atoms. The van der Waals surface area contributed by atoms with E-state index in [4.69, 9.17) is 12.6 Å². The van der Waals surface area contributed by atoms with Crippen LogP contribution in [0.1, 0.15) is 20.8 Å². The van der Waals surface area contributed by atoms with Gasteiger partial charge in [-0.25, -0.2) is 0 Å². The molecule has 0 aliphatic heterocycles. The Labute approximate surface area is 109 Å². The van der Waals surface area contributed by atoms with E-state index in [-0.39, 0.29) is 17.0 Å². The van der Waals surface area contributed by atoms with Gasteiger partial charge in [0, 0.05) is 0 Å². The van der Waals surface area contributed by atoms with Crippen molar-refractivity contribution >= 4 is 25.1 Å². The van der Waals surface area contributed by atoms with Gasteiger partial charge >= 0.3 is 97.2 Å². The summed E-state index contributed by atoms with van der Waals surface area (Å²) in [6.45, 7) is 5.51. The van der Waals surface area contributed by atoms with Crippen LogP contribution in [0.15, 0.2) is 24.3 Å². The Hall–Kier alpha value is -1.53. The van der Waals surface area contributed by atoms with Crippen LogP contribution in [0.5, 0.6) is 0 Å². The second-order valence-corrected chi connectivity index (χ2v) is 4.63. The van der Waals surface area contributed by atoms with Crippen LogP contribution in [0, 0.1) is 0 Å². The minimum atomic E-state index is -0.487. The molecule has 0 aliphatic rings. The zero-order valence-electron chi connectivity index (χ0n) is 11.0. The summed E-state index contributed by atoms with van der Waals surface area (Å²) >= 11 is 0. The number of amides is 1. The van der Waals surface area contributed by atoms with Crippen LogP contribution >= 0.6 is 0 Å². The van der Waals surface area contributed by atoms with Crippen molar-refractivity contribution in [2.75, 3.05) is 11.9 Å². The zero-order valence-corrected chi connectivity index (χ0v) is 11.0. The summed E-state index contributed by atoms with van der Waals surface area (Å²) in [6.07, 6.45) is -0.378. The van der Waals surface area contributed by atoms with Crippen molar-refractivity contribution in [3.05, 3.63) is 24.3 Å². The maximum Gasteiger partial charge on any atom is -0.870 e. The van der Waals surface area contributed by atoms with Gasteiger partial charge in [0.25, 0.3) is 0 Å². The molecule has 0 atom stereocenters. The molecule has 1 aromatic rings. The summed E-state index contributed by atoms with van der Waals surface area (Å²) in [4.78, 5) is 13.2. The number of hydrogen-bond acceptors (Lipinski definition) is 4. The second-order valence-electron chi connectivity index (χ2n) is 4.63. The standard InChI is InChI=1S/C12H16BNO2.2H2O/c1-12(2,3)16-11(15)14(4)10-7-5-9(13)6-8-10;;/h5-8H,1-4H3;2*1H2/q+2;;/p-2. The van der Waals surface area contributed by atoms with Crippen LogP contribution in [-0.4, -0.2) is 37.5 Å². The molecule has 6 heteroatoms. The van der Waals surface area contributed by atoms with E-state index in [2.05, 4.69) is 0 Å². The van der Waals surface area contributed by atoms with Gasteiger partial charge in [0.1, 0.15) is 0 Å². The minimum Gasteiger partial charge on any atom is -0.870 e. The van der Waals surface area contributed by atoms with E-state index in [1.807, 2.05) is 20.8 Å². The number of benzene rings is 1.